The molecule has 0 aliphatic carbocycles. The van der Waals surface area contributed by atoms with Gasteiger partial charge < -0.3 is 19.7 Å². The minimum absolute atomic E-state index is 0.156. The average Bonchev–Trinajstić information content (AvgIpc) is 2.45. The molecule has 2 N–H and O–H groups in total. The van der Waals surface area contributed by atoms with Crippen LogP contribution in [0.15, 0.2) is 48.9 Å². The molecule has 98 valence electrons. The van der Waals surface area contributed by atoms with Crippen LogP contribution in [0.4, 0.5) is 0 Å². The van der Waals surface area contributed by atoms with Crippen molar-refractivity contribution in [3.63, 3.8) is 0 Å². The third-order valence-corrected chi connectivity index (χ3v) is 3.41. The fraction of sp³-hybridized carbons (Fsp3) is 0. The summed E-state index contributed by atoms with van der Waals surface area (Å²) in [4.78, 5) is 0. The second-order valence-electron chi connectivity index (χ2n) is 4.66. The second kappa shape index (κ2) is 3.81. The number of ether oxygens (including phenoxy) is 2. The first-order valence-corrected chi connectivity index (χ1v) is 6.13. The largest absolute Gasteiger partial charge is 0.508 e. The molecule has 4 nitrogen and oxygen atoms in total. The molecule has 20 heavy (non-hydrogen) atoms. The van der Waals surface area contributed by atoms with Crippen LogP contribution in [0.25, 0.3) is 11.1 Å². The first kappa shape index (κ1) is 11.0. The highest BCUT2D eigenvalue weighted by molar-refractivity contribution is 6.08. The van der Waals surface area contributed by atoms with Crippen molar-refractivity contribution in [2.75, 3.05) is 0 Å². The number of aromatic hydroxyl groups is 2. The van der Waals surface area contributed by atoms with E-state index in [1.165, 1.54) is 0 Å². The maximum absolute atomic E-state index is 9.49. The highest BCUT2D eigenvalue weighted by atomic mass is 16.5. The summed E-state index contributed by atoms with van der Waals surface area (Å²) in [5, 5.41) is 19.0. The summed E-state index contributed by atoms with van der Waals surface area (Å²) in [7, 11) is 0. The van der Waals surface area contributed by atoms with E-state index in [0.717, 1.165) is 22.3 Å². The Kier molecular flexibility index (Phi) is 2.09. The number of hydrogen-bond acceptors (Lipinski definition) is 4. The smallest absolute Gasteiger partial charge is 0.138 e. The molecule has 0 unspecified atom stereocenters. The third kappa shape index (κ3) is 1.48. The summed E-state index contributed by atoms with van der Waals surface area (Å²) in [6.07, 6.45) is 3.26. The summed E-state index contributed by atoms with van der Waals surface area (Å²) >= 11 is 0. The van der Waals surface area contributed by atoms with Gasteiger partial charge in [0, 0.05) is 34.4 Å². The van der Waals surface area contributed by atoms with E-state index < -0.39 is 0 Å². The van der Waals surface area contributed by atoms with Crippen LogP contribution in [0.2, 0.25) is 0 Å². The molecule has 0 saturated heterocycles. The van der Waals surface area contributed by atoms with Crippen molar-refractivity contribution in [3.05, 3.63) is 60.0 Å². The van der Waals surface area contributed by atoms with Gasteiger partial charge in [-0.1, -0.05) is 0 Å². The summed E-state index contributed by atoms with van der Waals surface area (Å²) in [6.45, 7) is 0. The molecule has 0 fully saturated rings. The number of phenols is 2. The van der Waals surface area contributed by atoms with Gasteiger partial charge in [-0.2, -0.15) is 0 Å². The summed E-state index contributed by atoms with van der Waals surface area (Å²) in [5.74, 6) is 1.49. The lowest BCUT2D eigenvalue weighted by molar-refractivity contribution is 0.442. The zero-order valence-electron chi connectivity index (χ0n) is 10.3. The molecular weight excluding hydrogens is 256 g/mol. The maximum atomic E-state index is 9.49. The topological polar surface area (TPSA) is 58.9 Å². The van der Waals surface area contributed by atoms with Crippen molar-refractivity contribution in [2.24, 2.45) is 0 Å². The minimum Gasteiger partial charge on any atom is -0.508 e. The van der Waals surface area contributed by atoms with E-state index >= 15 is 0 Å². The van der Waals surface area contributed by atoms with Gasteiger partial charge in [0.1, 0.15) is 23.0 Å². The molecule has 2 aliphatic heterocycles. The molecule has 0 spiro atoms. The van der Waals surface area contributed by atoms with Crippen molar-refractivity contribution in [2.45, 2.75) is 0 Å². The Balaban J connectivity index is 1.89. The molecule has 0 aromatic heterocycles. The quantitative estimate of drug-likeness (QED) is 0.768. The Morgan fingerprint density at radius 3 is 1.55 bits per heavy atom. The van der Waals surface area contributed by atoms with E-state index in [1.807, 2.05) is 0 Å². The summed E-state index contributed by atoms with van der Waals surface area (Å²) in [5.41, 5.74) is 3.51. The Morgan fingerprint density at radius 2 is 1.10 bits per heavy atom. The standard InChI is InChI=1S/C16H10O4/c17-9-1-3-11-13-7-20-16-6-10(18)2-4-12(16)14(13)8-19-15(11)5-9/h1-8,17-18H. The first-order chi connectivity index (χ1) is 9.72. The molecule has 2 aromatic carbocycles. The predicted molar refractivity (Wildman–Crippen MR) is 73.4 cm³/mol. The molecule has 0 bridgehead atoms. The van der Waals surface area contributed by atoms with Crippen LogP contribution in [0.3, 0.4) is 0 Å². The molecule has 2 aliphatic rings. The number of benzene rings is 2. The van der Waals surface area contributed by atoms with Gasteiger partial charge in [-0.05, 0) is 24.3 Å². The van der Waals surface area contributed by atoms with Gasteiger partial charge in [-0.25, -0.2) is 0 Å². The Hall–Kier alpha value is -2.88. The lowest BCUT2D eigenvalue weighted by atomic mass is 9.90. The number of hydrogen-bond donors (Lipinski definition) is 2. The molecule has 4 heteroatoms. The van der Waals surface area contributed by atoms with E-state index in [-0.39, 0.29) is 11.5 Å². The van der Waals surface area contributed by atoms with E-state index in [2.05, 4.69) is 0 Å². The predicted octanol–water partition coefficient (Wildman–Crippen LogP) is 3.26. The monoisotopic (exact) mass is 266 g/mol. The number of rotatable bonds is 0. The Labute approximate surface area is 114 Å². The van der Waals surface area contributed by atoms with Crippen LogP contribution in [0.1, 0.15) is 11.1 Å². The second-order valence-corrected chi connectivity index (χ2v) is 4.66. The molecule has 0 saturated carbocycles. The molecule has 0 amide bonds. The number of allylic oxidation sites excluding steroid dienone is 2. The van der Waals surface area contributed by atoms with Crippen LogP contribution in [0.5, 0.6) is 23.0 Å². The van der Waals surface area contributed by atoms with Crippen LogP contribution < -0.4 is 9.47 Å². The van der Waals surface area contributed by atoms with Gasteiger partial charge in [0.05, 0.1) is 12.5 Å². The lowest BCUT2D eigenvalue weighted by Crippen LogP contribution is -2.07. The van der Waals surface area contributed by atoms with Gasteiger partial charge in [0.2, 0.25) is 0 Å². The van der Waals surface area contributed by atoms with E-state index in [1.54, 1.807) is 48.9 Å². The van der Waals surface area contributed by atoms with Crippen LogP contribution in [-0.2, 0) is 0 Å². The fourth-order valence-corrected chi connectivity index (χ4v) is 2.45. The highest BCUT2D eigenvalue weighted by Crippen LogP contribution is 2.46. The van der Waals surface area contributed by atoms with E-state index in [4.69, 9.17) is 9.47 Å². The van der Waals surface area contributed by atoms with Crippen molar-refractivity contribution in [1.82, 2.24) is 0 Å². The molecule has 0 atom stereocenters. The zero-order chi connectivity index (χ0) is 13.7. The SMILES string of the molecule is Oc1ccc2c(c1)OC=C1C2=COc2cc(O)ccc21. The summed E-state index contributed by atoms with van der Waals surface area (Å²) in [6, 6.07) is 9.93. The molecular formula is C16H10O4. The molecule has 4 rings (SSSR count). The normalized spacial score (nSPS) is 14.8. The maximum Gasteiger partial charge on any atom is 0.138 e. The van der Waals surface area contributed by atoms with Crippen LogP contribution in [0, 0.1) is 0 Å². The van der Waals surface area contributed by atoms with Crippen LogP contribution >= 0.6 is 0 Å². The minimum atomic E-state index is 0.156. The van der Waals surface area contributed by atoms with E-state index in [9.17, 15) is 10.2 Å². The van der Waals surface area contributed by atoms with Crippen molar-refractivity contribution >= 4 is 11.1 Å². The highest BCUT2D eigenvalue weighted by Gasteiger charge is 2.26. The third-order valence-electron chi connectivity index (χ3n) is 3.41. The average molecular weight is 266 g/mol. The van der Waals surface area contributed by atoms with Gasteiger partial charge in [-0.3, -0.25) is 0 Å². The first-order valence-electron chi connectivity index (χ1n) is 6.13. The van der Waals surface area contributed by atoms with Crippen LogP contribution in [-0.4, -0.2) is 10.2 Å². The lowest BCUT2D eigenvalue weighted by Gasteiger charge is -2.25. The fourth-order valence-electron chi connectivity index (χ4n) is 2.45. The Bertz CT molecular complexity index is 720. The Morgan fingerprint density at radius 1 is 0.650 bits per heavy atom. The van der Waals surface area contributed by atoms with Gasteiger partial charge >= 0.3 is 0 Å². The molecule has 0 radical (unpaired) electrons. The van der Waals surface area contributed by atoms with Crippen molar-refractivity contribution < 1.29 is 19.7 Å². The number of fused-ring (bicyclic) bond motifs is 5. The van der Waals surface area contributed by atoms with E-state index in [0.29, 0.717) is 11.5 Å². The molecule has 2 aromatic rings. The van der Waals surface area contributed by atoms with Gasteiger partial charge in [-0.15, -0.1) is 0 Å². The van der Waals surface area contributed by atoms with Crippen molar-refractivity contribution in [3.8, 4) is 23.0 Å². The summed E-state index contributed by atoms with van der Waals surface area (Å²) < 4.78 is 11.2. The van der Waals surface area contributed by atoms with Gasteiger partial charge in [0.15, 0.2) is 0 Å². The van der Waals surface area contributed by atoms with Gasteiger partial charge in [0.25, 0.3) is 0 Å². The zero-order valence-corrected chi connectivity index (χ0v) is 10.3. The van der Waals surface area contributed by atoms with Crippen molar-refractivity contribution in [1.29, 1.82) is 0 Å². The molecule has 2 heterocycles. The number of phenolic OH excluding ortho intramolecular Hbond substituents is 2.